The lowest BCUT2D eigenvalue weighted by molar-refractivity contribution is -0.121. The van der Waals surface area contributed by atoms with Gasteiger partial charge in [0.25, 0.3) is 0 Å². The summed E-state index contributed by atoms with van der Waals surface area (Å²) < 4.78 is 0. The number of amides is 1. The molecule has 0 aliphatic carbocycles. The summed E-state index contributed by atoms with van der Waals surface area (Å²) in [7, 11) is 0. The Bertz CT molecular complexity index is 637. The fraction of sp³-hybridized carbons (Fsp3) is 0.200. The Balaban J connectivity index is 2.12. The van der Waals surface area contributed by atoms with Crippen molar-refractivity contribution < 1.29 is 10.0 Å². The maximum absolute atomic E-state index is 12.3. The van der Waals surface area contributed by atoms with Gasteiger partial charge in [-0.3, -0.25) is 4.79 Å². The van der Waals surface area contributed by atoms with E-state index in [1.54, 1.807) is 23.5 Å². The van der Waals surface area contributed by atoms with Gasteiger partial charge in [0.2, 0.25) is 5.91 Å². The largest absolute Gasteiger partial charge is 0.409 e. The van der Waals surface area contributed by atoms with Crippen LogP contribution in [0.5, 0.6) is 0 Å². The number of hydrogen-bond donors (Lipinski definition) is 3. The van der Waals surface area contributed by atoms with Crippen LogP contribution in [0, 0.1) is 6.92 Å². The molecule has 21 heavy (non-hydrogen) atoms. The van der Waals surface area contributed by atoms with E-state index in [1.807, 2.05) is 37.3 Å². The van der Waals surface area contributed by atoms with Gasteiger partial charge in [0.15, 0.2) is 5.84 Å². The van der Waals surface area contributed by atoms with Crippen molar-refractivity contribution in [1.29, 1.82) is 0 Å². The van der Waals surface area contributed by atoms with Crippen LogP contribution >= 0.6 is 11.3 Å². The maximum Gasteiger partial charge on any atom is 0.235 e. The SMILES string of the molecule is Cc1ccc(CNC(=O)C(C(N)=NO)c2ccccc2)s1. The Morgan fingerprint density at radius 2 is 2.05 bits per heavy atom. The van der Waals surface area contributed by atoms with E-state index in [0.717, 1.165) is 4.88 Å². The summed E-state index contributed by atoms with van der Waals surface area (Å²) in [5.41, 5.74) is 6.35. The van der Waals surface area contributed by atoms with Crippen LogP contribution in [-0.4, -0.2) is 17.0 Å². The van der Waals surface area contributed by atoms with Gasteiger partial charge in [-0.2, -0.15) is 0 Å². The van der Waals surface area contributed by atoms with Crippen molar-refractivity contribution in [3.8, 4) is 0 Å². The van der Waals surface area contributed by atoms with Gasteiger partial charge in [-0.05, 0) is 24.6 Å². The summed E-state index contributed by atoms with van der Waals surface area (Å²) in [5, 5.41) is 14.7. The van der Waals surface area contributed by atoms with Crippen molar-refractivity contribution in [3.63, 3.8) is 0 Å². The van der Waals surface area contributed by atoms with E-state index in [0.29, 0.717) is 12.1 Å². The molecule has 1 atom stereocenters. The van der Waals surface area contributed by atoms with Crippen molar-refractivity contribution >= 4 is 23.1 Å². The predicted molar refractivity (Wildman–Crippen MR) is 83.5 cm³/mol. The number of carbonyl (C=O) groups excluding carboxylic acids is 1. The third-order valence-electron chi connectivity index (χ3n) is 3.04. The predicted octanol–water partition coefficient (Wildman–Crippen LogP) is 2.20. The molecule has 2 aromatic rings. The molecule has 0 saturated heterocycles. The second-order valence-corrected chi connectivity index (χ2v) is 5.97. The molecule has 0 spiro atoms. The normalized spacial score (nSPS) is 12.9. The summed E-state index contributed by atoms with van der Waals surface area (Å²) in [5.74, 6) is -1.21. The highest BCUT2D eigenvalue weighted by atomic mass is 32.1. The number of carbonyl (C=O) groups is 1. The van der Waals surface area contributed by atoms with Gasteiger partial charge in [-0.1, -0.05) is 35.5 Å². The minimum atomic E-state index is -0.794. The average molecular weight is 303 g/mol. The third kappa shape index (κ3) is 3.82. The first-order valence-electron chi connectivity index (χ1n) is 6.47. The number of hydrogen-bond acceptors (Lipinski definition) is 4. The second kappa shape index (κ2) is 6.90. The number of nitrogens with one attached hydrogen (secondary N) is 1. The Hall–Kier alpha value is -2.34. The van der Waals surface area contributed by atoms with Crippen molar-refractivity contribution in [2.24, 2.45) is 10.9 Å². The van der Waals surface area contributed by atoms with Gasteiger partial charge in [-0.15, -0.1) is 11.3 Å². The molecule has 6 heteroatoms. The lowest BCUT2D eigenvalue weighted by Crippen LogP contribution is -2.36. The molecule has 4 N–H and O–H groups in total. The standard InChI is InChI=1S/C15H17N3O2S/c1-10-7-8-12(21-10)9-17-15(19)13(14(16)18-20)11-5-3-2-4-6-11/h2-8,13,20H,9H2,1H3,(H2,16,18)(H,17,19). The summed E-state index contributed by atoms with van der Waals surface area (Å²) in [6, 6.07) is 13.0. The van der Waals surface area contributed by atoms with Crippen LogP contribution in [-0.2, 0) is 11.3 Å². The number of oxime groups is 1. The molecule has 0 radical (unpaired) electrons. The number of aryl methyl sites for hydroxylation is 1. The molecule has 1 unspecified atom stereocenters. The summed E-state index contributed by atoms with van der Waals surface area (Å²) in [6.45, 7) is 2.44. The van der Waals surface area contributed by atoms with Crippen molar-refractivity contribution in [3.05, 3.63) is 57.8 Å². The smallest absolute Gasteiger partial charge is 0.235 e. The molecule has 0 bridgehead atoms. The van der Waals surface area contributed by atoms with Gasteiger partial charge < -0.3 is 16.3 Å². The van der Waals surface area contributed by atoms with E-state index in [4.69, 9.17) is 10.9 Å². The van der Waals surface area contributed by atoms with Crippen molar-refractivity contribution in [1.82, 2.24) is 5.32 Å². The molecule has 1 aromatic heterocycles. The number of thiophene rings is 1. The van der Waals surface area contributed by atoms with Crippen LogP contribution < -0.4 is 11.1 Å². The van der Waals surface area contributed by atoms with E-state index in [1.165, 1.54) is 4.88 Å². The quantitative estimate of drug-likeness (QED) is 0.342. The first-order chi connectivity index (χ1) is 10.1. The Morgan fingerprint density at radius 1 is 1.33 bits per heavy atom. The van der Waals surface area contributed by atoms with E-state index in [2.05, 4.69) is 10.5 Å². The minimum absolute atomic E-state index is 0.124. The zero-order valence-corrected chi connectivity index (χ0v) is 12.4. The van der Waals surface area contributed by atoms with Gasteiger partial charge in [0.1, 0.15) is 5.92 Å². The number of nitrogens with zero attached hydrogens (tertiary/aromatic N) is 1. The van der Waals surface area contributed by atoms with Crippen molar-refractivity contribution in [2.75, 3.05) is 0 Å². The van der Waals surface area contributed by atoms with Crippen LogP contribution in [0.25, 0.3) is 0 Å². The molecule has 0 fully saturated rings. The molecule has 0 aliphatic rings. The monoisotopic (exact) mass is 303 g/mol. The average Bonchev–Trinajstić information content (AvgIpc) is 2.92. The Morgan fingerprint density at radius 3 is 2.62 bits per heavy atom. The fourth-order valence-corrected chi connectivity index (χ4v) is 2.85. The molecule has 1 heterocycles. The van der Waals surface area contributed by atoms with Crippen LogP contribution in [0.1, 0.15) is 21.2 Å². The van der Waals surface area contributed by atoms with Gasteiger partial charge in [0, 0.05) is 9.75 Å². The van der Waals surface area contributed by atoms with E-state index >= 15 is 0 Å². The lowest BCUT2D eigenvalue weighted by atomic mass is 9.97. The first kappa shape index (κ1) is 15.1. The van der Waals surface area contributed by atoms with Crippen LogP contribution in [0.2, 0.25) is 0 Å². The van der Waals surface area contributed by atoms with Crippen molar-refractivity contribution in [2.45, 2.75) is 19.4 Å². The fourth-order valence-electron chi connectivity index (χ4n) is 2.02. The molecule has 0 saturated carbocycles. The van der Waals surface area contributed by atoms with Crippen LogP contribution in [0.3, 0.4) is 0 Å². The van der Waals surface area contributed by atoms with Gasteiger partial charge in [0.05, 0.1) is 6.54 Å². The van der Waals surface area contributed by atoms with Gasteiger partial charge >= 0.3 is 0 Å². The number of nitrogens with two attached hydrogens (primary N) is 1. The minimum Gasteiger partial charge on any atom is -0.409 e. The van der Waals surface area contributed by atoms with E-state index in [9.17, 15) is 4.79 Å². The molecule has 2 rings (SSSR count). The number of benzene rings is 1. The molecular formula is C15H17N3O2S. The first-order valence-corrected chi connectivity index (χ1v) is 7.29. The van der Waals surface area contributed by atoms with Crippen LogP contribution in [0.15, 0.2) is 47.6 Å². The van der Waals surface area contributed by atoms with Crippen LogP contribution in [0.4, 0.5) is 0 Å². The molecule has 5 nitrogen and oxygen atoms in total. The highest BCUT2D eigenvalue weighted by Crippen LogP contribution is 2.18. The summed E-state index contributed by atoms with van der Waals surface area (Å²) >= 11 is 1.63. The number of amidine groups is 1. The third-order valence-corrected chi connectivity index (χ3v) is 4.04. The zero-order valence-electron chi connectivity index (χ0n) is 11.6. The molecule has 0 aliphatic heterocycles. The second-order valence-electron chi connectivity index (χ2n) is 4.60. The molecule has 1 amide bonds. The highest BCUT2D eigenvalue weighted by molar-refractivity contribution is 7.11. The number of rotatable bonds is 5. The highest BCUT2D eigenvalue weighted by Gasteiger charge is 2.25. The van der Waals surface area contributed by atoms with E-state index < -0.39 is 5.92 Å². The lowest BCUT2D eigenvalue weighted by Gasteiger charge is -2.15. The Labute approximate surface area is 127 Å². The van der Waals surface area contributed by atoms with Gasteiger partial charge in [-0.25, -0.2) is 0 Å². The summed E-state index contributed by atoms with van der Waals surface area (Å²) in [6.07, 6.45) is 0. The Kier molecular flexibility index (Phi) is 4.94. The molecular weight excluding hydrogens is 286 g/mol. The topological polar surface area (TPSA) is 87.7 Å². The zero-order chi connectivity index (χ0) is 15.2. The maximum atomic E-state index is 12.3. The molecule has 110 valence electrons. The summed E-state index contributed by atoms with van der Waals surface area (Å²) in [4.78, 5) is 14.6. The molecule has 1 aromatic carbocycles. The van der Waals surface area contributed by atoms with E-state index in [-0.39, 0.29) is 11.7 Å².